The van der Waals surface area contributed by atoms with Crippen LogP contribution in [0.1, 0.15) is 36.8 Å². The van der Waals surface area contributed by atoms with E-state index in [1.165, 1.54) is 6.07 Å². The Bertz CT molecular complexity index is 929. The Morgan fingerprint density at radius 2 is 1.83 bits per heavy atom. The van der Waals surface area contributed by atoms with Crippen molar-refractivity contribution in [1.29, 1.82) is 0 Å². The zero-order valence-corrected chi connectivity index (χ0v) is 15.9. The molecule has 1 amide bonds. The van der Waals surface area contributed by atoms with Gasteiger partial charge in [0.1, 0.15) is 6.61 Å². The summed E-state index contributed by atoms with van der Waals surface area (Å²) in [6.07, 6.45) is 5.05. The van der Waals surface area contributed by atoms with Crippen molar-refractivity contribution in [2.75, 3.05) is 0 Å². The number of hydrogen-bond donors (Lipinski definition) is 0. The Labute approximate surface area is 167 Å². The van der Waals surface area contributed by atoms with E-state index < -0.39 is 17.5 Å². The van der Waals surface area contributed by atoms with Crippen LogP contribution in [0.15, 0.2) is 54.1 Å². The molecule has 2 aromatic rings. The first kappa shape index (κ1) is 19.6. The van der Waals surface area contributed by atoms with Crippen molar-refractivity contribution in [3.8, 4) is 0 Å². The summed E-state index contributed by atoms with van der Waals surface area (Å²) in [6.45, 7) is 0.215. The Morgan fingerprint density at radius 3 is 2.59 bits per heavy atom. The molecular weight excluding hydrogens is 379 g/mol. The fourth-order valence-electron chi connectivity index (χ4n) is 4.27. The normalized spacial score (nSPS) is 20.9. The maximum atomic E-state index is 14.0. The van der Waals surface area contributed by atoms with E-state index in [4.69, 9.17) is 4.74 Å². The average Bonchev–Trinajstić information content (AvgIpc) is 2.72. The van der Waals surface area contributed by atoms with Crippen LogP contribution in [0.2, 0.25) is 0 Å². The van der Waals surface area contributed by atoms with Gasteiger partial charge in [0.2, 0.25) is 0 Å². The first-order valence-corrected chi connectivity index (χ1v) is 9.84. The van der Waals surface area contributed by atoms with E-state index in [-0.39, 0.29) is 36.8 Å². The number of hydrogen-bond acceptors (Lipinski definition) is 2. The van der Waals surface area contributed by atoms with Crippen LogP contribution >= 0.6 is 0 Å². The molecule has 2 aromatic carbocycles. The highest BCUT2D eigenvalue weighted by Crippen LogP contribution is 2.35. The first-order chi connectivity index (χ1) is 14.0. The molecule has 4 rings (SSSR count). The van der Waals surface area contributed by atoms with Crippen molar-refractivity contribution in [1.82, 2.24) is 4.90 Å². The van der Waals surface area contributed by atoms with Crippen LogP contribution in [0.4, 0.5) is 18.0 Å². The largest absolute Gasteiger partial charge is 0.445 e. The average molecular weight is 401 g/mol. The first-order valence-electron chi connectivity index (χ1n) is 9.84. The lowest BCUT2D eigenvalue weighted by Crippen LogP contribution is -2.52. The van der Waals surface area contributed by atoms with Crippen molar-refractivity contribution in [3.05, 3.63) is 82.7 Å². The van der Waals surface area contributed by atoms with Gasteiger partial charge in [0.05, 0.1) is 6.04 Å². The van der Waals surface area contributed by atoms with Gasteiger partial charge in [-0.2, -0.15) is 0 Å². The molecule has 2 aliphatic heterocycles. The zero-order valence-electron chi connectivity index (χ0n) is 15.9. The summed E-state index contributed by atoms with van der Waals surface area (Å²) in [7, 11) is 0. The second kappa shape index (κ2) is 8.31. The number of piperidine rings is 1. The smallest absolute Gasteiger partial charge is 0.410 e. The minimum absolute atomic E-state index is 0.0228. The molecule has 0 N–H and O–H groups in total. The van der Waals surface area contributed by atoms with E-state index in [0.717, 1.165) is 36.5 Å². The molecule has 2 aliphatic rings. The van der Waals surface area contributed by atoms with E-state index >= 15 is 0 Å². The Balaban J connectivity index is 1.47. The summed E-state index contributed by atoms with van der Waals surface area (Å²) in [5, 5.41) is 0. The molecule has 2 unspecified atom stereocenters. The number of benzene rings is 2. The summed E-state index contributed by atoms with van der Waals surface area (Å²) in [4.78, 5) is 14.5. The maximum Gasteiger partial charge on any atom is 0.410 e. The third-order valence-electron chi connectivity index (χ3n) is 5.66. The van der Waals surface area contributed by atoms with Gasteiger partial charge < -0.3 is 4.74 Å². The lowest BCUT2D eigenvalue weighted by molar-refractivity contribution is 0.0481. The topological polar surface area (TPSA) is 29.5 Å². The molecule has 152 valence electrons. The number of carbonyl (C=O) groups excluding carboxylic acids is 1. The van der Waals surface area contributed by atoms with Crippen LogP contribution in [0, 0.1) is 17.5 Å². The highest BCUT2D eigenvalue weighted by molar-refractivity contribution is 5.69. The summed E-state index contributed by atoms with van der Waals surface area (Å²) < 4.78 is 46.3. The fraction of sp³-hybridized carbons (Fsp3) is 0.348. The lowest BCUT2D eigenvalue weighted by atomic mass is 9.83. The number of rotatable bonds is 4. The third kappa shape index (κ3) is 4.16. The van der Waals surface area contributed by atoms with Crippen molar-refractivity contribution in [2.24, 2.45) is 0 Å². The lowest BCUT2D eigenvalue weighted by Gasteiger charge is -2.44. The standard InChI is InChI=1S/C23H22F3NO2/c24-20-10-9-17(21(25)22(20)26)11-16-12-18-7-4-8-19(13-16)27(18)23(28)29-14-15-5-2-1-3-6-15/h1-3,5-6,9-10,12,18-19H,4,7-8,11,13-14H2. The van der Waals surface area contributed by atoms with Crippen LogP contribution in [0.5, 0.6) is 0 Å². The molecule has 2 atom stereocenters. The van der Waals surface area contributed by atoms with Crippen LogP contribution in [-0.4, -0.2) is 23.1 Å². The van der Waals surface area contributed by atoms with Gasteiger partial charge in [-0.3, -0.25) is 4.90 Å². The maximum absolute atomic E-state index is 14.0. The Kier molecular flexibility index (Phi) is 5.60. The van der Waals surface area contributed by atoms with Gasteiger partial charge in [-0.25, -0.2) is 18.0 Å². The van der Waals surface area contributed by atoms with Gasteiger partial charge in [-0.05, 0) is 49.3 Å². The number of ether oxygens (including phenoxy) is 1. The van der Waals surface area contributed by atoms with E-state index in [0.29, 0.717) is 6.42 Å². The van der Waals surface area contributed by atoms with E-state index in [1.807, 2.05) is 36.4 Å². The Morgan fingerprint density at radius 1 is 1.03 bits per heavy atom. The van der Waals surface area contributed by atoms with E-state index in [9.17, 15) is 18.0 Å². The molecule has 0 radical (unpaired) electrons. The Hall–Kier alpha value is -2.76. The highest BCUT2D eigenvalue weighted by Gasteiger charge is 2.38. The second-order valence-corrected chi connectivity index (χ2v) is 7.64. The number of carbonyl (C=O) groups is 1. The van der Waals surface area contributed by atoms with Gasteiger partial charge in [0, 0.05) is 6.04 Å². The van der Waals surface area contributed by atoms with Crippen LogP contribution in [0.25, 0.3) is 0 Å². The van der Waals surface area contributed by atoms with E-state index in [1.54, 1.807) is 4.90 Å². The molecule has 1 saturated heterocycles. The summed E-state index contributed by atoms with van der Waals surface area (Å²) in [5.74, 6) is -3.76. The number of amides is 1. The number of fused-ring (bicyclic) bond motifs is 2. The van der Waals surface area contributed by atoms with Gasteiger partial charge >= 0.3 is 6.09 Å². The third-order valence-corrected chi connectivity index (χ3v) is 5.66. The minimum atomic E-state index is -1.44. The molecule has 0 aliphatic carbocycles. The monoisotopic (exact) mass is 401 g/mol. The van der Waals surface area contributed by atoms with Gasteiger partial charge in [0.25, 0.3) is 0 Å². The predicted octanol–water partition coefficient (Wildman–Crippen LogP) is 5.54. The van der Waals surface area contributed by atoms with E-state index in [2.05, 4.69) is 0 Å². The van der Waals surface area contributed by atoms with Crippen molar-refractivity contribution < 1.29 is 22.7 Å². The van der Waals surface area contributed by atoms with Crippen LogP contribution in [-0.2, 0) is 17.8 Å². The van der Waals surface area contributed by atoms with Crippen molar-refractivity contribution in [2.45, 2.75) is 50.8 Å². The SMILES string of the molecule is O=C(OCc1ccccc1)N1C2C=C(Cc3ccc(F)c(F)c3F)CC1CCC2. The quantitative estimate of drug-likeness (QED) is 0.498. The van der Waals surface area contributed by atoms with Gasteiger partial charge in [-0.15, -0.1) is 0 Å². The summed E-state index contributed by atoms with van der Waals surface area (Å²) >= 11 is 0. The molecule has 0 saturated carbocycles. The fourth-order valence-corrected chi connectivity index (χ4v) is 4.27. The molecule has 0 aromatic heterocycles. The van der Waals surface area contributed by atoms with Crippen molar-refractivity contribution >= 4 is 6.09 Å². The predicted molar refractivity (Wildman–Crippen MR) is 103 cm³/mol. The second-order valence-electron chi connectivity index (χ2n) is 7.64. The highest BCUT2D eigenvalue weighted by atomic mass is 19.2. The number of nitrogens with zero attached hydrogens (tertiary/aromatic N) is 1. The van der Waals surface area contributed by atoms with Gasteiger partial charge in [-0.1, -0.05) is 48.0 Å². The molecular formula is C23H22F3NO2. The molecule has 3 nitrogen and oxygen atoms in total. The molecule has 2 heterocycles. The van der Waals surface area contributed by atoms with Crippen molar-refractivity contribution in [3.63, 3.8) is 0 Å². The zero-order chi connectivity index (χ0) is 20.4. The summed E-state index contributed by atoms with van der Waals surface area (Å²) in [6, 6.07) is 11.6. The molecule has 29 heavy (non-hydrogen) atoms. The van der Waals surface area contributed by atoms with Crippen LogP contribution in [0.3, 0.4) is 0 Å². The minimum Gasteiger partial charge on any atom is -0.445 e. The molecule has 2 bridgehead atoms. The number of halogens is 3. The van der Waals surface area contributed by atoms with Crippen LogP contribution < -0.4 is 0 Å². The molecule has 0 spiro atoms. The molecule has 1 fully saturated rings. The summed E-state index contributed by atoms with van der Waals surface area (Å²) in [5.41, 5.74) is 2.00. The molecule has 6 heteroatoms. The van der Waals surface area contributed by atoms with Gasteiger partial charge in [0.15, 0.2) is 17.5 Å².